The molecule has 3 aromatic rings. The number of rotatable bonds is 6. The smallest absolute Gasteiger partial charge is 0.298 e. The second-order valence-electron chi connectivity index (χ2n) is 6.46. The molecule has 1 amide bonds. The highest BCUT2D eigenvalue weighted by Crippen LogP contribution is 2.34. The van der Waals surface area contributed by atoms with Crippen molar-refractivity contribution in [2.24, 2.45) is 0 Å². The first-order valence-corrected chi connectivity index (χ1v) is 9.52. The third-order valence-corrected chi connectivity index (χ3v) is 5.49. The van der Waals surface area contributed by atoms with Gasteiger partial charge in [0.05, 0.1) is 15.9 Å². The number of hydrogen-bond donors (Lipinski definition) is 0. The minimum absolute atomic E-state index is 0.223. The number of carbonyl (C=O) groups excluding carboxylic acids is 1. The summed E-state index contributed by atoms with van der Waals surface area (Å²) >= 11 is 7.69. The number of carbonyl (C=O) groups is 1. The number of amides is 1. The fourth-order valence-electron chi connectivity index (χ4n) is 2.63. The van der Waals surface area contributed by atoms with Gasteiger partial charge in [0.25, 0.3) is 5.91 Å². The zero-order valence-electron chi connectivity index (χ0n) is 15.2. The molecule has 0 aliphatic rings. The van der Waals surface area contributed by atoms with E-state index in [-0.39, 0.29) is 11.7 Å². The first-order valence-electron chi connectivity index (χ1n) is 8.32. The number of aromatic nitrogens is 2. The van der Waals surface area contributed by atoms with Crippen molar-refractivity contribution < 1.29 is 9.32 Å². The van der Waals surface area contributed by atoms with Crippen molar-refractivity contribution in [1.82, 2.24) is 15.0 Å². The van der Waals surface area contributed by atoms with Crippen LogP contribution in [0, 0.1) is 13.8 Å². The molecule has 0 fully saturated rings. The lowest BCUT2D eigenvalue weighted by molar-refractivity contribution is 0.0950. The largest absolute Gasteiger partial charge is 0.351 e. The second-order valence-corrected chi connectivity index (χ2v) is 7.88. The molecule has 8 heteroatoms. The molecule has 2 aromatic heterocycles. The highest BCUT2D eigenvalue weighted by molar-refractivity contribution is 7.22. The molecule has 0 saturated carbocycles. The maximum Gasteiger partial charge on any atom is 0.298 e. The third-order valence-electron chi connectivity index (χ3n) is 4.04. The Hall–Kier alpha value is -1.96. The molecule has 0 atom stereocenters. The summed E-state index contributed by atoms with van der Waals surface area (Å²) in [6, 6.07) is 5.45. The van der Waals surface area contributed by atoms with Crippen LogP contribution in [0.15, 0.2) is 22.7 Å². The highest BCUT2D eigenvalue weighted by Gasteiger charge is 2.24. The van der Waals surface area contributed by atoms with Crippen LogP contribution >= 0.6 is 22.9 Å². The van der Waals surface area contributed by atoms with Gasteiger partial charge in [-0.15, -0.1) is 0 Å². The highest BCUT2D eigenvalue weighted by atomic mass is 35.5. The first kappa shape index (κ1) is 18.8. The Morgan fingerprint density at radius 3 is 2.69 bits per heavy atom. The molecular formula is C18H21ClN4O2S. The van der Waals surface area contributed by atoms with E-state index in [1.807, 2.05) is 33.2 Å². The van der Waals surface area contributed by atoms with Crippen LogP contribution in [0.5, 0.6) is 0 Å². The summed E-state index contributed by atoms with van der Waals surface area (Å²) in [5.74, 6) is -0.00599. The molecule has 6 nitrogen and oxygen atoms in total. The van der Waals surface area contributed by atoms with Crippen LogP contribution in [-0.4, -0.2) is 48.1 Å². The molecule has 0 aliphatic heterocycles. The van der Waals surface area contributed by atoms with Gasteiger partial charge in [0.15, 0.2) is 5.13 Å². The van der Waals surface area contributed by atoms with Crippen molar-refractivity contribution in [2.75, 3.05) is 32.1 Å². The molecule has 0 spiro atoms. The predicted molar refractivity (Wildman–Crippen MR) is 105 cm³/mol. The van der Waals surface area contributed by atoms with Gasteiger partial charge in [-0.25, -0.2) is 4.98 Å². The summed E-state index contributed by atoms with van der Waals surface area (Å²) in [5, 5.41) is 5.14. The summed E-state index contributed by atoms with van der Waals surface area (Å²) in [4.78, 5) is 21.4. The van der Waals surface area contributed by atoms with E-state index in [4.69, 9.17) is 16.1 Å². The molecule has 0 N–H and O–H groups in total. The van der Waals surface area contributed by atoms with E-state index in [0.29, 0.717) is 22.4 Å². The van der Waals surface area contributed by atoms with Crippen LogP contribution in [0.4, 0.5) is 5.13 Å². The standard InChI is InChI=1S/C18H21ClN4O2S/c1-11-10-14(25-21-11)17(24)23(9-5-8-22(3)4)18-20-16-12(2)13(19)6-7-15(16)26-18/h6-7,10H,5,8-9H2,1-4H3. The van der Waals surface area contributed by atoms with Crippen molar-refractivity contribution in [3.8, 4) is 0 Å². The van der Waals surface area contributed by atoms with Crippen molar-refractivity contribution in [3.05, 3.63) is 40.2 Å². The molecule has 0 bridgehead atoms. The van der Waals surface area contributed by atoms with Crippen LogP contribution in [0.3, 0.4) is 0 Å². The number of halogens is 1. The SMILES string of the molecule is Cc1cc(C(=O)N(CCCN(C)C)c2nc3c(C)c(Cl)ccc3s2)on1. The van der Waals surface area contributed by atoms with Crippen LogP contribution in [0.1, 0.15) is 28.2 Å². The average molecular weight is 393 g/mol. The number of anilines is 1. The van der Waals surface area contributed by atoms with Gasteiger partial charge in [0, 0.05) is 17.6 Å². The van der Waals surface area contributed by atoms with Gasteiger partial charge in [-0.05, 0) is 58.6 Å². The van der Waals surface area contributed by atoms with E-state index in [1.54, 1.807) is 17.9 Å². The zero-order valence-corrected chi connectivity index (χ0v) is 16.8. The van der Waals surface area contributed by atoms with Gasteiger partial charge in [0.2, 0.25) is 5.76 Å². The lowest BCUT2D eigenvalue weighted by Crippen LogP contribution is -2.33. The molecular weight excluding hydrogens is 372 g/mol. The quantitative estimate of drug-likeness (QED) is 0.630. The maximum atomic E-state index is 13.0. The van der Waals surface area contributed by atoms with Crippen LogP contribution in [0.25, 0.3) is 10.2 Å². The van der Waals surface area contributed by atoms with Crippen molar-refractivity contribution in [1.29, 1.82) is 0 Å². The summed E-state index contributed by atoms with van der Waals surface area (Å²) in [7, 11) is 4.02. The van der Waals surface area contributed by atoms with Gasteiger partial charge in [-0.3, -0.25) is 9.69 Å². The molecule has 0 radical (unpaired) electrons. The Labute approximate surface area is 161 Å². The van der Waals surface area contributed by atoms with Crippen molar-refractivity contribution >= 4 is 44.2 Å². The normalized spacial score (nSPS) is 11.5. The summed E-state index contributed by atoms with van der Waals surface area (Å²) in [5.41, 5.74) is 2.42. The first-order chi connectivity index (χ1) is 12.4. The van der Waals surface area contributed by atoms with E-state index in [0.717, 1.165) is 28.7 Å². The van der Waals surface area contributed by atoms with E-state index in [2.05, 4.69) is 15.0 Å². The molecule has 1 aromatic carbocycles. The summed E-state index contributed by atoms with van der Waals surface area (Å²) in [6.07, 6.45) is 0.821. The monoisotopic (exact) mass is 392 g/mol. The Kier molecular flexibility index (Phi) is 5.60. The fourth-order valence-corrected chi connectivity index (χ4v) is 3.83. The number of benzene rings is 1. The maximum absolute atomic E-state index is 13.0. The molecule has 3 rings (SSSR count). The van der Waals surface area contributed by atoms with Crippen LogP contribution in [0.2, 0.25) is 5.02 Å². The fraction of sp³-hybridized carbons (Fsp3) is 0.389. The molecule has 0 unspecified atom stereocenters. The number of hydrogen-bond acceptors (Lipinski definition) is 6. The molecule has 138 valence electrons. The lowest BCUT2D eigenvalue weighted by Gasteiger charge is -2.19. The van der Waals surface area contributed by atoms with E-state index in [9.17, 15) is 4.79 Å². The number of aryl methyl sites for hydroxylation is 2. The van der Waals surface area contributed by atoms with E-state index in [1.165, 1.54) is 11.3 Å². The Morgan fingerprint density at radius 2 is 2.04 bits per heavy atom. The molecule has 0 aliphatic carbocycles. The zero-order chi connectivity index (χ0) is 18.8. The van der Waals surface area contributed by atoms with Gasteiger partial charge < -0.3 is 9.42 Å². The Bertz CT molecular complexity index is 935. The molecule has 26 heavy (non-hydrogen) atoms. The third kappa shape index (κ3) is 3.90. The topological polar surface area (TPSA) is 62.5 Å². The lowest BCUT2D eigenvalue weighted by atomic mass is 10.2. The van der Waals surface area contributed by atoms with Gasteiger partial charge >= 0.3 is 0 Å². The van der Waals surface area contributed by atoms with Crippen LogP contribution < -0.4 is 4.90 Å². The van der Waals surface area contributed by atoms with E-state index >= 15 is 0 Å². The predicted octanol–water partition coefficient (Wildman–Crippen LogP) is 4.15. The van der Waals surface area contributed by atoms with Crippen molar-refractivity contribution in [2.45, 2.75) is 20.3 Å². The average Bonchev–Trinajstić information content (AvgIpc) is 3.21. The molecule has 2 heterocycles. The minimum atomic E-state index is -0.229. The van der Waals surface area contributed by atoms with Crippen LogP contribution in [-0.2, 0) is 0 Å². The Balaban J connectivity index is 1.96. The number of thiazole rings is 1. The summed E-state index contributed by atoms with van der Waals surface area (Å²) in [6.45, 7) is 5.14. The minimum Gasteiger partial charge on any atom is -0.351 e. The summed E-state index contributed by atoms with van der Waals surface area (Å²) < 4.78 is 6.18. The number of nitrogens with zero attached hydrogens (tertiary/aromatic N) is 4. The Morgan fingerprint density at radius 1 is 1.27 bits per heavy atom. The number of fused-ring (bicyclic) bond motifs is 1. The van der Waals surface area contributed by atoms with Gasteiger partial charge in [0.1, 0.15) is 0 Å². The van der Waals surface area contributed by atoms with E-state index < -0.39 is 0 Å². The van der Waals surface area contributed by atoms with Gasteiger partial charge in [-0.2, -0.15) is 0 Å². The molecule has 0 saturated heterocycles. The second kappa shape index (κ2) is 7.73. The van der Waals surface area contributed by atoms with Gasteiger partial charge in [-0.1, -0.05) is 28.1 Å². The van der Waals surface area contributed by atoms with Crippen molar-refractivity contribution in [3.63, 3.8) is 0 Å².